The molecule has 0 amide bonds. The third-order valence-electron chi connectivity index (χ3n) is 1.52. The van der Waals surface area contributed by atoms with Crippen LogP contribution in [0.25, 0.3) is 0 Å². The van der Waals surface area contributed by atoms with Gasteiger partial charge in [-0.25, -0.2) is 8.42 Å². The maximum Gasteiger partial charge on any atom is 0.235 e. The van der Waals surface area contributed by atoms with Crippen LogP contribution in [-0.4, -0.2) is 25.8 Å². The first-order valence-electron chi connectivity index (χ1n) is 4.08. The van der Waals surface area contributed by atoms with Crippen molar-refractivity contribution in [2.75, 3.05) is 13.1 Å². The van der Waals surface area contributed by atoms with Crippen molar-refractivity contribution in [3.8, 4) is 6.07 Å². The molecule has 74 valence electrons. The zero-order valence-corrected chi connectivity index (χ0v) is 8.55. The first-order chi connectivity index (χ1) is 6.08. The summed E-state index contributed by atoms with van der Waals surface area (Å²) < 4.78 is 23.9. The Labute approximate surface area is 79.5 Å². The van der Waals surface area contributed by atoms with Gasteiger partial charge in [0.1, 0.15) is 0 Å². The molecule has 0 saturated heterocycles. The maximum absolute atomic E-state index is 11.3. The van der Waals surface area contributed by atoms with Crippen LogP contribution in [0, 0.1) is 11.3 Å². The molecule has 0 aromatic carbocycles. The smallest absolute Gasteiger partial charge is 0.208 e. The Bertz CT molecular complexity index is 290. The number of nitriles is 1. The van der Waals surface area contributed by atoms with Crippen LogP contribution >= 0.6 is 0 Å². The molecule has 0 aromatic rings. The van der Waals surface area contributed by atoms with Crippen molar-refractivity contribution in [2.45, 2.75) is 19.8 Å². The largest absolute Gasteiger partial charge is 0.235 e. The minimum Gasteiger partial charge on any atom is -0.208 e. The Morgan fingerprint density at radius 2 is 2.15 bits per heavy atom. The van der Waals surface area contributed by atoms with Crippen LogP contribution < -0.4 is 0 Å². The van der Waals surface area contributed by atoms with Gasteiger partial charge < -0.3 is 0 Å². The highest BCUT2D eigenvalue weighted by atomic mass is 32.2. The summed E-state index contributed by atoms with van der Waals surface area (Å²) >= 11 is 0. The first kappa shape index (κ1) is 12.1. The molecule has 5 heteroatoms. The molecule has 0 rings (SSSR count). The van der Waals surface area contributed by atoms with E-state index in [1.807, 2.05) is 13.0 Å². The van der Waals surface area contributed by atoms with Crippen LogP contribution in [0.2, 0.25) is 0 Å². The van der Waals surface area contributed by atoms with Crippen molar-refractivity contribution in [1.82, 2.24) is 4.31 Å². The highest BCUT2D eigenvalue weighted by molar-refractivity contribution is 7.92. The van der Waals surface area contributed by atoms with Crippen LogP contribution in [-0.2, 0) is 10.0 Å². The van der Waals surface area contributed by atoms with E-state index < -0.39 is 10.0 Å². The maximum atomic E-state index is 11.3. The highest BCUT2D eigenvalue weighted by Gasteiger charge is 2.16. The molecule has 0 N–H and O–H groups in total. The highest BCUT2D eigenvalue weighted by Crippen LogP contribution is 2.04. The van der Waals surface area contributed by atoms with Crippen molar-refractivity contribution < 1.29 is 8.42 Å². The molecule has 0 saturated carbocycles. The second kappa shape index (κ2) is 5.73. The van der Waals surface area contributed by atoms with Gasteiger partial charge in [0, 0.05) is 24.9 Å². The first-order valence-corrected chi connectivity index (χ1v) is 5.58. The second-order valence-corrected chi connectivity index (χ2v) is 4.40. The number of hydrogen-bond donors (Lipinski definition) is 0. The predicted molar refractivity (Wildman–Crippen MR) is 51.2 cm³/mol. The molecule has 0 spiro atoms. The quantitative estimate of drug-likeness (QED) is 0.647. The second-order valence-electron chi connectivity index (χ2n) is 2.52. The summed E-state index contributed by atoms with van der Waals surface area (Å²) in [5.41, 5.74) is 0. The van der Waals surface area contributed by atoms with Crippen molar-refractivity contribution in [1.29, 1.82) is 5.26 Å². The van der Waals surface area contributed by atoms with Crippen LogP contribution in [0.5, 0.6) is 0 Å². The number of rotatable bonds is 6. The van der Waals surface area contributed by atoms with Crippen molar-refractivity contribution in [2.24, 2.45) is 0 Å². The summed E-state index contributed by atoms with van der Waals surface area (Å²) in [5.74, 6) is 0. The van der Waals surface area contributed by atoms with Gasteiger partial charge in [0.15, 0.2) is 0 Å². The summed E-state index contributed by atoms with van der Waals surface area (Å²) in [7, 11) is -3.35. The van der Waals surface area contributed by atoms with Gasteiger partial charge in [0.2, 0.25) is 10.0 Å². The molecular weight excluding hydrogens is 188 g/mol. The van der Waals surface area contributed by atoms with Gasteiger partial charge in [0.25, 0.3) is 0 Å². The molecule has 0 bridgehead atoms. The van der Waals surface area contributed by atoms with Gasteiger partial charge in [-0.1, -0.05) is 13.5 Å². The lowest BCUT2D eigenvalue weighted by Gasteiger charge is -2.17. The third kappa shape index (κ3) is 4.06. The third-order valence-corrected chi connectivity index (χ3v) is 3.02. The number of hydrogen-bond acceptors (Lipinski definition) is 3. The fourth-order valence-electron chi connectivity index (χ4n) is 0.896. The minimum absolute atomic E-state index is 0.215. The standard InChI is InChI=1S/C8H14N2O2S/c1-3-7-10(8-5-6-9)13(11,12)4-2/h4H,2-3,5,7-8H2,1H3. The van der Waals surface area contributed by atoms with E-state index in [0.717, 1.165) is 11.8 Å². The Morgan fingerprint density at radius 3 is 2.54 bits per heavy atom. The Balaban J connectivity index is 4.43. The zero-order valence-electron chi connectivity index (χ0n) is 7.73. The molecule has 4 nitrogen and oxygen atoms in total. The summed E-state index contributed by atoms with van der Waals surface area (Å²) in [6.07, 6.45) is 0.950. The molecule has 0 aliphatic heterocycles. The van der Waals surface area contributed by atoms with E-state index in [-0.39, 0.29) is 13.0 Å². The van der Waals surface area contributed by atoms with Crippen molar-refractivity contribution in [3.63, 3.8) is 0 Å². The minimum atomic E-state index is -3.35. The fourth-order valence-corrected chi connectivity index (χ4v) is 1.89. The van der Waals surface area contributed by atoms with Gasteiger partial charge in [-0.3, -0.25) is 0 Å². The summed E-state index contributed by atoms with van der Waals surface area (Å²) in [6.45, 7) is 5.81. The van der Waals surface area contributed by atoms with Crippen LogP contribution in [0.4, 0.5) is 0 Å². The molecular formula is C8H14N2O2S. The predicted octanol–water partition coefficient (Wildman–Crippen LogP) is 1.09. The van der Waals surface area contributed by atoms with Crippen LogP contribution in [0.1, 0.15) is 19.8 Å². The zero-order chi connectivity index (χ0) is 10.3. The van der Waals surface area contributed by atoms with Gasteiger partial charge >= 0.3 is 0 Å². The van der Waals surface area contributed by atoms with Crippen molar-refractivity contribution >= 4 is 10.0 Å². The average molecular weight is 202 g/mol. The summed E-state index contributed by atoms with van der Waals surface area (Å²) in [4.78, 5) is 0. The molecule has 0 fully saturated rings. The monoisotopic (exact) mass is 202 g/mol. The lowest BCUT2D eigenvalue weighted by Crippen LogP contribution is -2.30. The lowest BCUT2D eigenvalue weighted by molar-refractivity contribution is 0.423. The van der Waals surface area contributed by atoms with Crippen molar-refractivity contribution in [3.05, 3.63) is 12.0 Å². The SMILES string of the molecule is C=CS(=O)(=O)N(CCC)CCC#N. The van der Waals surface area contributed by atoms with E-state index >= 15 is 0 Å². The van der Waals surface area contributed by atoms with Crippen LogP contribution in [0.3, 0.4) is 0 Å². The number of sulfonamides is 1. The van der Waals surface area contributed by atoms with Crippen LogP contribution in [0.15, 0.2) is 12.0 Å². The number of nitrogens with zero attached hydrogens (tertiary/aromatic N) is 2. The molecule has 0 atom stereocenters. The van der Waals surface area contributed by atoms with Gasteiger partial charge in [-0.05, 0) is 6.42 Å². The van der Waals surface area contributed by atoms with E-state index in [0.29, 0.717) is 6.54 Å². The molecule has 0 aliphatic carbocycles. The Kier molecular flexibility index (Phi) is 5.35. The normalized spacial score (nSPS) is 11.2. The molecule has 0 heterocycles. The van der Waals surface area contributed by atoms with Gasteiger partial charge in [-0.15, -0.1) is 0 Å². The molecule has 0 aliphatic rings. The molecule has 0 radical (unpaired) electrons. The molecule has 0 unspecified atom stereocenters. The Hall–Kier alpha value is -0.860. The lowest BCUT2D eigenvalue weighted by atomic mass is 10.4. The summed E-state index contributed by atoms with van der Waals surface area (Å²) in [5, 5.41) is 9.24. The average Bonchev–Trinajstić information content (AvgIpc) is 2.12. The van der Waals surface area contributed by atoms with E-state index in [1.54, 1.807) is 0 Å². The summed E-state index contributed by atoms with van der Waals surface area (Å²) in [6, 6.07) is 1.91. The molecule has 0 aromatic heterocycles. The topological polar surface area (TPSA) is 61.2 Å². The van der Waals surface area contributed by atoms with Gasteiger partial charge in [-0.2, -0.15) is 9.57 Å². The van der Waals surface area contributed by atoms with Gasteiger partial charge in [0.05, 0.1) is 6.07 Å². The Morgan fingerprint density at radius 1 is 1.54 bits per heavy atom. The molecule has 13 heavy (non-hydrogen) atoms. The van der Waals surface area contributed by atoms with E-state index in [2.05, 4.69) is 6.58 Å². The fraction of sp³-hybridized carbons (Fsp3) is 0.625. The van der Waals surface area contributed by atoms with E-state index in [9.17, 15) is 8.42 Å². The van der Waals surface area contributed by atoms with E-state index in [1.165, 1.54) is 4.31 Å². The van der Waals surface area contributed by atoms with E-state index in [4.69, 9.17) is 5.26 Å².